The molecule has 3 rings (SSSR count). The predicted octanol–water partition coefficient (Wildman–Crippen LogP) is 3.64. The number of aliphatic imine (C=N–C) groups is 1. The van der Waals surface area contributed by atoms with E-state index >= 15 is 0 Å². The molecule has 0 aromatic heterocycles. The number of para-hydroxylation sites is 1. The third-order valence-electron chi connectivity index (χ3n) is 2.92. The molecule has 0 saturated heterocycles. The van der Waals surface area contributed by atoms with Crippen LogP contribution in [-0.4, -0.2) is 10.9 Å². The molecule has 0 radical (unpaired) electrons. The maximum atomic E-state index is 13.2. The largest absolute Gasteiger partial charge is 0.507 e. The molecule has 5 heteroatoms. The number of aromatic hydroxyl groups is 1. The van der Waals surface area contributed by atoms with Gasteiger partial charge in [-0.05, 0) is 30.3 Å². The molecule has 0 aliphatic carbocycles. The quantitative estimate of drug-likeness (QED) is 0.617. The van der Waals surface area contributed by atoms with Crippen LogP contribution < -0.4 is 5.32 Å². The highest BCUT2D eigenvalue weighted by Gasteiger charge is 2.22. The Morgan fingerprint density at radius 1 is 1.21 bits per heavy atom. The lowest BCUT2D eigenvalue weighted by Gasteiger charge is -2.22. The molecule has 0 saturated carbocycles. The van der Waals surface area contributed by atoms with Gasteiger partial charge >= 0.3 is 0 Å². The molecule has 1 aliphatic rings. The summed E-state index contributed by atoms with van der Waals surface area (Å²) >= 11 is 6.14. The lowest BCUT2D eigenvalue weighted by molar-refractivity contribution is 0.474. The van der Waals surface area contributed by atoms with E-state index in [-0.39, 0.29) is 11.6 Å². The van der Waals surface area contributed by atoms with Gasteiger partial charge in [-0.25, -0.2) is 9.38 Å². The Hall–Kier alpha value is -2.07. The topological polar surface area (TPSA) is 44.6 Å². The van der Waals surface area contributed by atoms with Gasteiger partial charge in [-0.3, -0.25) is 0 Å². The van der Waals surface area contributed by atoms with E-state index < -0.39 is 5.50 Å². The summed E-state index contributed by atoms with van der Waals surface area (Å²) in [5, 5.41) is 12.9. The first-order valence-corrected chi connectivity index (χ1v) is 6.15. The average Bonchev–Trinajstić information content (AvgIpc) is 2.40. The molecule has 96 valence electrons. The predicted molar refractivity (Wildman–Crippen MR) is 73.3 cm³/mol. The van der Waals surface area contributed by atoms with Crippen molar-refractivity contribution in [1.29, 1.82) is 0 Å². The number of hydrogen-bond acceptors (Lipinski definition) is 3. The van der Waals surface area contributed by atoms with Crippen molar-refractivity contribution in [2.24, 2.45) is 4.99 Å². The summed E-state index contributed by atoms with van der Waals surface area (Å²) in [6, 6.07) is 11.1. The van der Waals surface area contributed by atoms with Crippen LogP contribution in [0.4, 0.5) is 10.1 Å². The van der Waals surface area contributed by atoms with E-state index in [0.29, 0.717) is 22.6 Å². The second-order valence-corrected chi connectivity index (χ2v) is 4.60. The number of nitrogens with one attached hydrogen (secondary N) is 1. The van der Waals surface area contributed by atoms with Crippen molar-refractivity contribution in [3.8, 4) is 5.75 Å². The third kappa shape index (κ3) is 2.15. The van der Waals surface area contributed by atoms with Crippen molar-refractivity contribution in [3.05, 3.63) is 59.4 Å². The zero-order valence-electron chi connectivity index (χ0n) is 9.77. The fourth-order valence-electron chi connectivity index (χ4n) is 2.00. The Morgan fingerprint density at radius 2 is 2.00 bits per heavy atom. The number of phenolic OH excluding ortho intramolecular Hbond substituents is 1. The maximum Gasteiger partial charge on any atom is 0.153 e. The molecule has 0 amide bonds. The number of halogens is 2. The Bertz CT molecular complexity index is 672. The number of fused-ring (bicyclic) bond motifs is 1. The van der Waals surface area contributed by atoms with Gasteiger partial charge in [-0.2, -0.15) is 0 Å². The molecule has 1 unspecified atom stereocenters. The van der Waals surface area contributed by atoms with Crippen LogP contribution in [0.2, 0.25) is 0 Å². The van der Waals surface area contributed by atoms with E-state index in [4.69, 9.17) is 11.6 Å². The fourth-order valence-corrected chi connectivity index (χ4v) is 2.28. The molecule has 0 fully saturated rings. The molecule has 2 aromatic rings. The summed E-state index contributed by atoms with van der Waals surface area (Å²) in [7, 11) is 0. The highest BCUT2D eigenvalue weighted by atomic mass is 35.5. The highest BCUT2D eigenvalue weighted by molar-refractivity contribution is 6.24. The summed E-state index contributed by atoms with van der Waals surface area (Å²) < 4.78 is 13.2. The molecule has 19 heavy (non-hydrogen) atoms. The Kier molecular flexibility index (Phi) is 2.87. The van der Waals surface area contributed by atoms with Crippen LogP contribution in [0.25, 0.3) is 0 Å². The van der Waals surface area contributed by atoms with Gasteiger partial charge in [0.1, 0.15) is 17.4 Å². The minimum Gasteiger partial charge on any atom is -0.507 e. The highest BCUT2D eigenvalue weighted by Crippen LogP contribution is 2.35. The van der Waals surface area contributed by atoms with Gasteiger partial charge in [0.05, 0.1) is 5.56 Å². The zero-order chi connectivity index (χ0) is 13.4. The minimum absolute atomic E-state index is 0.114. The standard InChI is InChI=1S/C14H10ClFN2O/c15-13-10-7-8(16)5-6-11(10)17-14(18-13)9-3-1-2-4-12(9)19/h1-7,13,19H,(H,17,18). The number of phenols is 1. The summed E-state index contributed by atoms with van der Waals surface area (Å²) in [5.74, 6) is 0.229. The molecule has 0 spiro atoms. The normalized spacial score (nSPS) is 17.4. The number of hydrogen-bond donors (Lipinski definition) is 2. The summed E-state index contributed by atoms with van der Waals surface area (Å²) in [6.07, 6.45) is 0. The van der Waals surface area contributed by atoms with Gasteiger partial charge in [0.2, 0.25) is 0 Å². The van der Waals surface area contributed by atoms with Gasteiger partial charge in [-0.15, -0.1) is 0 Å². The van der Waals surface area contributed by atoms with Gasteiger partial charge in [0.25, 0.3) is 0 Å². The molecule has 2 aromatic carbocycles. The summed E-state index contributed by atoms with van der Waals surface area (Å²) in [4.78, 5) is 4.24. The van der Waals surface area contributed by atoms with Crippen LogP contribution in [0, 0.1) is 5.82 Å². The van der Waals surface area contributed by atoms with Crippen molar-refractivity contribution in [2.75, 3.05) is 5.32 Å². The third-order valence-corrected chi connectivity index (χ3v) is 3.26. The first kappa shape index (κ1) is 12.0. The molecule has 3 nitrogen and oxygen atoms in total. The fraction of sp³-hybridized carbons (Fsp3) is 0.0714. The second kappa shape index (κ2) is 4.55. The van der Waals surface area contributed by atoms with Gasteiger partial charge in [-0.1, -0.05) is 23.7 Å². The van der Waals surface area contributed by atoms with Crippen molar-refractivity contribution in [1.82, 2.24) is 0 Å². The lowest BCUT2D eigenvalue weighted by atomic mass is 10.1. The van der Waals surface area contributed by atoms with E-state index in [9.17, 15) is 9.50 Å². The maximum absolute atomic E-state index is 13.2. The van der Waals surface area contributed by atoms with Crippen molar-refractivity contribution < 1.29 is 9.50 Å². The molecule has 1 aliphatic heterocycles. The number of alkyl halides is 1. The molecule has 1 heterocycles. The minimum atomic E-state index is -0.679. The van der Waals surface area contributed by atoms with Crippen LogP contribution in [-0.2, 0) is 0 Å². The molecular formula is C14H10ClFN2O. The first-order chi connectivity index (χ1) is 9.15. The lowest BCUT2D eigenvalue weighted by Crippen LogP contribution is -2.20. The van der Waals surface area contributed by atoms with Crippen molar-refractivity contribution in [2.45, 2.75) is 5.50 Å². The average molecular weight is 277 g/mol. The second-order valence-electron chi connectivity index (χ2n) is 4.19. The summed E-state index contributed by atoms with van der Waals surface area (Å²) in [6.45, 7) is 0. The number of rotatable bonds is 1. The first-order valence-electron chi connectivity index (χ1n) is 5.72. The number of anilines is 1. The molecule has 2 N–H and O–H groups in total. The molecule has 0 bridgehead atoms. The smallest absolute Gasteiger partial charge is 0.153 e. The van der Waals surface area contributed by atoms with E-state index in [1.165, 1.54) is 12.1 Å². The Balaban J connectivity index is 2.05. The van der Waals surface area contributed by atoms with E-state index in [0.717, 1.165) is 0 Å². The monoisotopic (exact) mass is 276 g/mol. The van der Waals surface area contributed by atoms with Crippen molar-refractivity contribution >= 4 is 23.1 Å². The van der Waals surface area contributed by atoms with E-state index in [1.807, 2.05) is 0 Å². The zero-order valence-corrected chi connectivity index (χ0v) is 10.5. The van der Waals surface area contributed by atoms with Gasteiger partial charge in [0, 0.05) is 11.3 Å². The van der Waals surface area contributed by atoms with Crippen LogP contribution in [0.5, 0.6) is 5.75 Å². The summed E-state index contributed by atoms with van der Waals surface area (Å²) in [5.41, 5.74) is 1.15. The number of amidine groups is 1. The molecular weight excluding hydrogens is 267 g/mol. The Morgan fingerprint density at radius 3 is 2.79 bits per heavy atom. The number of benzene rings is 2. The number of nitrogens with zero attached hydrogens (tertiary/aromatic N) is 1. The van der Waals surface area contributed by atoms with Crippen molar-refractivity contribution in [3.63, 3.8) is 0 Å². The van der Waals surface area contributed by atoms with Crippen LogP contribution in [0.1, 0.15) is 16.6 Å². The van der Waals surface area contributed by atoms with Crippen LogP contribution >= 0.6 is 11.6 Å². The van der Waals surface area contributed by atoms with Crippen LogP contribution in [0.15, 0.2) is 47.5 Å². The SMILES string of the molecule is Oc1ccccc1C1=NC(Cl)c2cc(F)ccc2N1. The Labute approximate surface area is 114 Å². The van der Waals surface area contributed by atoms with Crippen LogP contribution in [0.3, 0.4) is 0 Å². The van der Waals surface area contributed by atoms with E-state index in [2.05, 4.69) is 10.3 Å². The van der Waals surface area contributed by atoms with Gasteiger partial charge < -0.3 is 10.4 Å². The molecule has 1 atom stereocenters. The van der Waals surface area contributed by atoms with E-state index in [1.54, 1.807) is 30.3 Å². The van der Waals surface area contributed by atoms with Gasteiger partial charge in [0.15, 0.2) is 5.50 Å².